The second kappa shape index (κ2) is 10.6. The monoisotopic (exact) mass is 486 g/mol. The van der Waals surface area contributed by atoms with Gasteiger partial charge in [-0.05, 0) is 43.9 Å². The smallest absolute Gasteiger partial charge is 0.361 e. The number of hydrogen-bond acceptors (Lipinski definition) is 8. The molecule has 1 aliphatic carbocycles. The standard InChI is InChI=1S/C24H27FN4O4S/c1-3-33-24(32)21-19(26-28-27-21)12-16-13-29(11-10-20(16)34-14(2)30)22(23(31)15-8-9-15)17-6-4-5-7-18(17)25/h4-7,12,15,20,22H,3,8-11,13H2,1-2H3,(H,26,27,28)/b16-12-. The number of esters is 1. The lowest BCUT2D eigenvalue weighted by Crippen LogP contribution is -2.43. The summed E-state index contributed by atoms with van der Waals surface area (Å²) in [6.45, 7) is 4.27. The molecule has 1 saturated carbocycles. The molecule has 1 aliphatic heterocycles. The van der Waals surface area contributed by atoms with E-state index in [4.69, 9.17) is 4.74 Å². The summed E-state index contributed by atoms with van der Waals surface area (Å²) in [5, 5.41) is 10.3. The van der Waals surface area contributed by atoms with E-state index in [0.717, 1.165) is 18.4 Å². The summed E-state index contributed by atoms with van der Waals surface area (Å²) in [5.74, 6) is -1.03. The number of carbonyl (C=O) groups excluding carboxylic acids is 3. The Bertz CT molecular complexity index is 1110. The molecule has 0 amide bonds. The van der Waals surface area contributed by atoms with Crippen LogP contribution in [0.25, 0.3) is 6.08 Å². The number of carbonyl (C=O) groups is 3. The van der Waals surface area contributed by atoms with Gasteiger partial charge in [-0.25, -0.2) is 9.18 Å². The number of benzene rings is 1. The van der Waals surface area contributed by atoms with E-state index in [1.165, 1.54) is 24.8 Å². The average Bonchev–Trinajstić information content (AvgIpc) is 3.55. The first-order valence-corrected chi connectivity index (χ1v) is 12.2. The minimum absolute atomic E-state index is 0.0239. The van der Waals surface area contributed by atoms with Crippen LogP contribution < -0.4 is 0 Å². The number of halogens is 1. The average molecular weight is 487 g/mol. The molecule has 1 aromatic heterocycles. The van der Waals surface area contributed by atoms with Crippen molar-refractivity contribution in [1.82, 2.24) is 20.3 Å². The quantitative estimate of drug-likeness (QED) is 0.565. The molecule has 2 aliphatic rings. The van der Waals surface area contributed by atoms with Crippen molar-refractivity contribution in [3.05, 3.63) is 52.6 Å². The number of ketones is 1. The van der Waals surface area contributed by atoms with Gasteiger partial charge in [-0.2, -0.15) is 10.3 Å². The molecule has 1 saturated heterocycles. The lowest BCUT2D eigenvalue weighted by molar-refractivity contribution is -0.126. The first-order valence-electron chi connectivity index (χ1n) is 11.4. The summed E-state index contributed by atoms with van der Waals surface area (Å²) < 4.78 is 19.8. The summed E-state index contributed by atoms with van der Waals surface area (Å²) in [6.07, 6.45) is 3.96. The van der Waals surface area contributed by atoms with E-state index in [-0.39, 0.29) is 34.4 Å². The van der Waals surface area contributed by atoms with Gasteiger partial charge in [0.1, 0.15) is 11.5 Å². The summed E-state index contributed by atoms with van der Waals surface area (Å²) in [5.41, 5.74) is 1.54. The molecule has 1 aromatic carbocycles. The topological polar surface area (TPSA) is 105 Å². The van der Waals surface area contributed by atoms with Gasteiger partial charge in [-0.15, -0.1) is 5.10 Å². The lowest BCUT2D eigenvalue weighted by Gasteiger charge is -2.38. The minimum Gasteiger partial charge on any atom is -0.461 e. The van der Waals surface area contributed by atoms with Crippen molar-refractivity contribution in [1.29, 1.82) is 0 Å². The number of rotatable bonds is 8. The van der Waals surface area contributed by atoms with E-state index < -0.39 is 17.8 Å². The normalized spacial score (nSPS) is 20.8. The molecule has 0 bridgehead atoms. The molecule has 8 nitrogen and oxygen atoms in total. The summed E-state index contributed by atoms with van der Waals surface area (Å²) in [7, 11) is 0. The lowest BCUT2D eigenvalue weighted by atomic mass is 9.93. The largest absolute Gasteiger partial charge is 0.461 e. The summed E-state index contributed by atoms with van der Waals surface area (Å²) in [4.78, 5) is 39.4. The van der Waals surface area contributed by atoms with Gasteiger partial charge in [-0.3, -0.25) is 14.5 Å². The molecule has 2 atom stereocenters. The fourth-order valence-electron chi connectivity index (χ4n) is 4.26. The van der Waals surface area contributed by atoms with Crippen LogP contribution >= 0.6 is 11.8 Å². The van der Waals surface area contributed by atoms with E-state index in [9.17, 15) is 18.8 Å². The Hall–Kier alpha value is -2.85. The number of ether oxygens (including phenoxy) is 1. The Morgan fingerprint density at radius 3 is 2.71 bits per heavy atom. The molecule has 2 heterocycles. The van der Waals surface area contributed by atoms with Crippen LogP contribution in [0.1, 0.15) is 60.9 Å². The maximum Gasteiger partial charge on any atom is 0.361 e. The zero-order valence-corrected chi connectivity index (χ0v) is 19.9. The van der Waals surface area contributed by atoms with E-state index in [1.54, 1.807) is 31.2 Å². The molecule has 180 valence electrons. The Labute approximate surface area is 201 Å². The van der Waals surface area contributed by atoms with Gasteiger partial charge in [0.2, 0.25) is 0 Å². The number of likely N-dealkylation sites (tertiary alicyclic amines) is 1. The van der Waals surface area contributed by atoms with E-state index in [1.807, 2.05) is 4.90 Å². The molecule has 34 heavy (non-hydrogen) atoms. The van der Waals surface area contributed by atoms with Crippen molar-refractivity contribution in [2.75, 3.05) is 19.7 Å². The van der Waals surface area contributed by atoms with Crippen LogP contribution in [-0.2, 0) is 14.3 Å². The maximum absolute atomic E-state index is 14.8. The van der Waals surface area contributed by atoms with Crippen molar-refractivity contribution in [2.24, 2.45) is 5.92 Å². The van der Waals surface area contributed by atoms with Crippen molar-refractivity contribution in [2.45, 2.75) is 44.4 Å². The van der Waals surface area contributed by atoms with Crippen LogP contribution in [-0.4, -0.2) is 62.1 Å². The fraction of sp³-hybridized carbons (Fsp3) is 0.458. The number of thioether (sulfide) groups is 1. The third-order valence-electron chi connectivity index (χ3n) is 5.97. The zero-order valence-electron chi connectivity index (χ0n) is 19.1. The number of nitrogens with zero attached hydrogens (tertiary/aromatic N) is 3. The van der Waals surface area contributed by atoms with Gasteiger partial charge in [0.15, 0.2) is 16.6 Å². The highest BCUT2D eigenvalue weighted by molar-refractivity contribution is 8.14. The first-order chi connectivity index (χ1) is 16.4. The van der Waals surface area contributed by atoms with Crippen LogP contribution in [0.15, 0.2) is 29.8 Å². The number of aromatic nitrogens is 3. The fourth-order valence-corrected chi connectivity index (χ4v) is 5.18. The van der Waals surface area contributed by atoms with E-state index in [2.05, 4.69) is 15.4 Å². The van der Waals surface area contributed by atoms with E-state index in [0.29, 0.717) is 30.8 Å². The van der Waals surface area contributed by atoms with Gasteiger partial charge in [-0.1, -0.05) is 30.0 Å². The summed E-state index contributed by atoms with van der Waals surface area (Å²) >= 11 is 1.20. The molecule has 10 heteroatoms. The van der Waals surface area contributed by atoms with Crippen LogP contribution in [0.3, 0.4) is 0 Å². The Morgan fingerprint density at radius 1 is 1.26 bits per heavy atom. The Kier molecular flexibility index (Phi) is 7.57. The van der Waals surface area contributed by atoms with Crippen LogP contribution in [0, 0.1) is 11.7 Å². The second-order valence-corrected chi connectivity index (χ2v) is 9.83. The summed E-state index contributed by atoms with van der Waals surface area (Å²) in [6, 6.07) is 5.68. The van der Waals surface area contributed by atoms with Gasteiger partial charge in [0.05, 0.1) is 12.6 Å². The molecule has 2 unspecified atom stereocenters. The minimum atomic E-state index is -0.706. The number of piperidine rings is 1. The number of aromatic amines is 1. The SMILES string of the molecule is CCOC(=O)c1n[nH]nc1/C=C1/CN(C(C(=O)C2CC2)c2ccccc2F)CCC1SC(C)=O. The Balaban J connectivity index is 1.68. The molecule has 2 fully saturated rings. The highest BCUT2D eigenvalue weighted by Crippen LogP contribution is 2.40. The van der Waals surface area contributed by atoms with Crippen molar-refractivity contribution in [3.63, 3.8) is 0 Å². The van der Waals surface area contributed by atoms with Crippen LogP contribution in [0.2, 0.25) is 0 Å². The second-order valence-electron chi connectivity index (χ2n) is 8.46. The van der Waals surface area contributed by atoms with Gasteiger partial charge in [0.25, 0.3) is 0 Å². The highest BCUT2D eigenvalue weighted by atomic mass is 32.2. The van der Waals surface area contributed by atoms with Crippen molar-refractivity contribution in [3.8, 4) is 0 Å². The third-order valence-corrected chi connectivity index (χ3v) is 7.12. The van der Waals surface area contributed by atoms with Crippen LogP contribution in [0.4, 0.5) is 4.39 Å². The number of nitrogens with one attached hydrogen (secondary N) is 1. The van der Waals surface area contributed by atoms with Gasteiger partial charge >= 0.3 is 5.97 Å². The Morgan fingerprint density at radius 2 is 2.03 bits per heavy atom. The molecule has 0 spiro atoms. The molecule has 4 rings (SSSR count). The molecule has 2 aromatic rings. The number of H-pyrrole nitrogens is 1. The first kappa shape index (κ1) is 24.3. The maximum atomic E-state index is 14.8. The number of hydrogen-bond donors (Lipinski definition) is 1. The van der Waals surface area contributed by atoms with Gasteiger partial charge in [0, 0.05) is 36.7 Å². The highest BCUT2D eigenvalue weighted by Gasteiger charge is 2.41. The molecule has 1 N–H and O–H groups in total. The van der Waals surface area contributed by atoms with Crippen molar-refractivity contribution < 1.29 is 23.5 Å². The zero-order chi connectivity index (χ0) is 24.2. The third kappa shape index (κ3) is 5.44. The van der Waals surface area contributed by atoms with Crippen LogP contribution in [0.5, 0.6) is 0 Å². The predicted molar refractivity (Wildman–Crippen MR) is 125 cm³/mol. The van der Waals surface area contributed by atoms with E-state index >= 15 is 0 Å². The molecular weight excluding hydrogens is 459 g/mol. The van der Waals surface area contributed by atoms with Gasteiger partial charge < -0.3 is 4.74 Å². The number of Topliss-reactive ketones (excluding diaryl/α,β-unsaturated/α-hetero) is 1. The predicted octanol–water partition coefficient (Wildman–Crippen LogP) is 3.58. The van der Waals surface area contributed by atoms with Crippen molar-refractivity contribution >= 4 is 34.7 Å². The molecule has 0 radical (unpaired) electrons. The molecular formula is C24H27FN4O4S.